The van der Waals surface area contributed by atoms with Crippen molar-refractivity contribution in [3.8, 4) is 5.75 Å². The molecule has 0 aromatic heterocycles. The van der Waals surface area contributed by atoms with Gasteiger partial charge in [-0.15, -0.1) is 6.58 Å². The maximum atomic E-state index is 12.4. The molecule has 0 fully saturated rings. The molecule has 0 saturated heterocycles. The molecule has 0 aliphatic carbocycles. The van der Waals surface area contributed by atoms with E-state index >= 15 is 0 Å². The average Bonchev–Trinajstić information content (AvgIpc) is 2.66. The summed E-state index contributed by atoms with van der Waals surface area (Å²) in [6.07, 6.45) is 1.65. The van der Waals surface area contributed by atoms with Crippen LogP contribution in [0.4, 0.5) is 5.69 Å². The zero-order valence-electron chi connectivity index (χ0n) is 15.8. The first kappa shape index (κ1) is 21.1. The molecule has 2 amide bonds. The first-order chi connectivity index (χ1) is 13.4. The molecule has 28 heavy (non-hydrogen) atoms. The number of carbonyl (C=O) groups excluding carboxylic acids is 2. The fourth-order valence-corrected chi connectivity index (χ4v) is 2.54. The fraction of sp³-hybridized carbons (Fsp3) is 0.190. The van der Waals surface area contributed by atoms with E-state index in [1.807, 2.05) is 13.8 Å². The summed E-state index contributed by atoms with van der Waals surface area (Å²) in [4.78, 5) is 24.6. The molecule has 2 aromatic rings. The summed E-state index contributed by atoms with van der Waals surface area (Å²) in [5.41, 5.74) is 1.35. The monoisotopic (exact) mass is 397 g/mol. The van der Waals surface area contributed by atoms with Gasteiger partial charge in [0.15, 0.2) is 5.11 Å². The van der Waals surface area contributed by atoms with Crippen LogP contribution in [-0.4, -0.2) is 29.6 Å². The van der Waals surface area contributed by atoms with Crippen molar-refractivity contribution >= 4 is 34.8 Å². The van der Waals surface area contributed by atoms with E-state index in [0.29, 0.717) is 29.1 Å². The number of hydrogen-bond acceptors (Lipinski definition) is 4. The largest absolute Gasteiger partial charge is 0.491 e. The molecule has 0 unspecified atom stereocenters. The Bertz CT molecular complexity index is 863. The summed E-state index contributed by atoms with van der Waals surface area (Å²) >= 11 is 5.21. The predicted octanol–water partition coefficient (Wildman–Crippen LogP) is 3.52. The van der Waals surface area contributed by atoms with Gasteiger partial charge in [-0.05, 0) is 62.5 Å². The van der Waals surface area contributed by atoms with E-state index in [1.54, 1.807) is 54.6 Å². The van der Waals surface area contributed by atoms with E-state index in [0.717, 1.165) is 0 Å². The third kappa shape index (κ3) is 6.21. The predicted molar refractivity (Wildman–Crippen MR) is 115 cm³/mol. The van der Waals surface area contributed by atoms with Gasteiger partial charge in [0.05, 0.1) is 17.4 Å². The Labute approximate surface area is 170 Å². The lowest BCUT2D eigenvalue weighted by Crippen LogP contribution is -2.35. The topological polar surface area (TPSA) is 79.5 Å². The number of hydrogen-bond donors (Lipinski definition) is 3. The molecule has 6 nitrogen and oxygen atoms in total. The zero-order valence-corrected chi connectivity index (χ0v) is 16.6. The van der Waals surface area contributed by atoms with E-state index in [-0.39, 0.29) is 23.0 Å². The van der Waals surface area contributed by atoms with Crippen LogP contribution in [0.15, 0.2) is 61.2 Å². The molecule has 3 N–H and O–H groups in total. The van der Waals surface area contributed by atoms with Gasteiger partial charge in [0.1, 0.15) is 5.75 Å². The minimum Gasteiger partial charge on any atom is -0.491 e. The normalized spacial score (nSPS) is 10.1. The van der Waals surface area contributed by atoms with Crippen molar-refractivity contribution in [1.82, 2.24) is 10.6 Å². The molecule has 0 heterocycles. The molecular weight excluding hydrogens is 374 g/mol. The summed E-state index contributed by atoms with van der Waals surface area (Å²) in [6.45, 7) is 7.79. The first-order valence-corrected chi connectivity index (χ1v) is 9.18. The van der Waals surface area contributed by atoms with Gasteiger partial charge < -0.3 is 15.4 Å². The molecule has 2 aromatic carbocycles. The van der Waals surface area contributed by atoms with Crippen molar-refractivity contribution in [2.75, 3.05) is 11.9 Å². The van der Waals surface area contributed by atoms with Crippen LogP contribution in [0.1, 0.15) is 34.6 Å². The average molecular weight is 398 g/mol. The highest BCUT2D eigenvalue weighted by atomic mass is 32.1. The van der Waals surface area contributed by atoms with Crippen LogP contribution in [0, 0.1) is 0 Å². The lowest BCUT2D eigenvalue weighted by Gasteiger charge is -2.13. The van der Waals surface area contributed by atoms with Gasteiger partial charge in [-0.3, -0.25) is 14.9 Å². The second kappa shape index (κ2) is 10.2. The minimum absolute atomic E-state index is 0.0557. The van der Waals surface area contributed by atoms with Crippen molar-refractivity contribution in [3.63, 3.8) is 0 Å². The lowest BCUT2D eigenvalue weighted by molar-refractivity contribution is 0.0956. The number of rotatable bonds is 7. The molecule has 7 heteroatoms. The van der Waals surface area contributed by atoms with Gasteiger partial charge >= 0.3 is 0 Å². The number of amides is 2. The van der Waals surface area contributed by atoms with E-state index in [2.05, 4.69) is 22.5 Å². The summed E-state index contributed by atoms with van der Waals surface area (Å²) in [5.74, 6) is 0.0618. The molecule has 0 aliphatic rings. The first-order valence-electron chi connectivity index (χ1n) is 8.78. The van der Waals surface area contributed by atoms with Gasteiger partial charge in [-0.2, -0.15) is 0 Å². The summed E-state index contributed by atoms with van der Waals surface area (Å²) in [7, 11) is 0. The number of carbonyl (C=O) groups is 2. The molecule has 0 bridgehead atoms. The molecule has 0 atom stereocenters. The number of para-hydroxylation sites is 1. The number of thiocarbonyl (C=S) groups is 1. The molecule has 0 radical (unpaired) electrons. The zero-order chi connectivity index (χ0) is 20.5. The molecule has 0 saturated carbocycles. The molecule has 2 rings (SSSR count). The Morgan fingerprint density at radius 1 is 1.11 bits per heavy atom. The molecular formula is C21H23N3O3S. The van der Waals surface area contributed by atoms with E-state index in [9.17, 15) is 9.59 Å². The lowest BCUT2D eigenvalue weighted by atomic mass is 10.1. The van der Waals surface area contributed by atoms with Gasteiger partial charge in [0.2, 0.25) is 0 Å². The van der Waals surface area contributed by atoms with E-state index in [4.69, 9.17) is 17.0 Å². The summed E-state index contributed by atoms with van der Waals surface area (Å²) in [5, 5.41) is 8.30. The summed E-state index contributed by atoms with van der Waals surface area (Å²) in [6, 6.07) is 13.7. The SMILES string of the molecule is C=CCNC(=O)c1ccccc1NC(=S)NC(=O)c1ccc(OC(C)C)cc1. The highest BCUT2D eigenvalue weighted by molar-refractivity contribution is 7.80. The second-order valence-electron chi connectivity index (χ2n) is 6.14. The third-order valence-electron chi connectivity index (χ3n) is 3.54. The maximum Gasteiger partial charge on any atom is 0.257 e. The Hall–Kier alpha value is -3.19. The Kier molecular flexibility index (Phi) is 7.71. The van der Waals surface area contributed by atoms with Crippen LogP contribution in [0.3, 0.4) is 0 Å². The molecule has 146 valence electrons. The minimum atomic E-state index is -0.359. The van der Waals surface area contributed by atoms with Crippen molar-refractivity contribution in [2.45, 2.75) is 20.0 Å². The van der Waals surface area contributed by atoms with Crippen molar-refractivity contribution in [3.05, 3.63) is 72.3 Å². The summed E-state index contributed by atoms with van der Waals surface area (Å²) < 4.78 is 5.56. The number of anilines is 1. The molecule has 0 spiro atoms. The van der Waals surface area contributed by atoms with Crippen LogP contribution in [0.2, 0.25) is 0 Å². The van der Waals surface area contributed by atoms with Crippen LogP contribution in [0.5, 0.6) is 5.75 Å². The van der Waals surface area contributed by atoms with Gasteiger partial charge in [0.25, 0.3) is 11.8 Å². The van der Waals surface area contributed by atoms with Gasteiger partial charge in [-0.1, -0.05) is 18.2 Å². The third-order valence-corrected chi connectivity index (χ3v) is 3.75. The van der Waals surface area contributed by atoms with Gasteiger partial charge in [0, 0.05) is 12.1 Å². The Morgan fingerprint density at radius 3 is 2.43 bits per heavy atom. The van der Waals surface area contributed by atoms with Crippen LogP contribution >= 0.6 is 12.2 Å². The Balaban J connectivity index is 2.01. The number of ether oxygens (including phenoxy) is 1. The quantitative estimate of drug-likeness (QED) is 0.492. The van der Waals surface area contributed by atoms with Crippen molar-refractivity contribution in [1.29, 1.82) is 0 Å². The second-order valence-corrected chi connectivity index (χ2v) is 6.55. The number of nitrogens with one attached hydrogen (secondary N) is 3. The number of benzene rings is 2. The van der Waals surface area contributed by atoms with Crippen LogP contribution < -0.4 is 20.7 Å². The maximum absolute atomic E-state index is 12.4. The Morgan fingerprint density at radius 2 is 1.79 bits per heavy atom. The van der Waals surface area contributed by atoms with Crippen molar-refractivity contribution < 1.29 is 14.3 Å². The molecule has 0 aliphatic heterocycles. The van der Waals surface area contributed by atoms with Gasteiger partial charge in [-0.25, -0.2) is 0 Å². The van der Waals surface area contributed by atoms with E-state index in [1.165, 1.54) is 0 Å². The highest BCUT2D eigenvalue weighted by Crippen LogP contribution is 2.16. The van der Waals surface area contributed by atoms with Crippen molar-refractivity contribution in [2.24, 2.45) is 0 Å². The standard InChI is InChI=1S/C21H23N3O3S/c1-4-13-22-20(26)17-7-5-6-8-18(17)23-21(28)24-19(25)15-9-11-16(12-10-15)27-14(2)3/h4-12,14H,1,13H2,2-3H3,(H,22,26)(H2,23,24,25,28). The highest BCUT2D eigenvalue weighted by Gasteiger charge is 2.13. The van der Waals surface area contributed by atoms with E-state index < -0.39 is 0 Å². The smallest absolute Gasteiger partial charge is 0.257 e. The fourth-order valence-electron chi connectivity index (χ4n) is 2.34. The van der Waals surface area contributed by atoms with Crippen LogP contribution in [-0.2, 0) is 0 Å². The van der Waals surface area contributed by atoms with Crippen LogP contribution in [0.25, 0.3) is 0 Å².